The fourth-order valence-corrected chi connectivity index (χ4v) is 2.90. The Morgan fingerprint density at radius 2 is 2.16 bits per heavy atom. The number of nitrogens with zero attached hydrogens (tertiary/aromatic N) is 2. The molecule has 2 heterocycles. The summed E-state index contributed by atoms with van der Waals surface area (Å²) in [5, 5.41) is 32.1. The first-order valence-corrected chi connectivity index (χ1v) is 9.02. The summed E-state index contributed by atoms with van der Waals surface area (Å²) < 4.78 is 37.6. The summed E-state index contributed by atoms with van der Waals surface area (Å²) in [6, 6.07) is 4.27. The second-order valence-electron chi connectivity index (χ2n) is 6.60. The minimum absolute atomic E-state index is 0.160. The van der Waals surface area contributed by atoms with Gasteiger partial charge >= 0.3 is 6.16 Å². The molecule has 3 rings (SSSR count). The lowest BCUT2D eigenvalue weighted by molar-refractivity contribution is -0.458. The van der Waals surface area contributed by atoms with Crippen LogP contribution < -0.4 is 10.6 Å². The van der Waals surface area contributed by atoms with Gasteiger partial charge in [0.05, 0.1) is 25.5 Å². The molecular weight excluding hydrogens is 418 g/mol. The van der Waals surface area contributed by atoms with Crippen LogP contribution in [0.1, 0.15) is 27.7 Å². The molecule has 12 heteroatoms. The predicted molar refractivity (Wildman–Crippen MR) is 103 cm³/mol. The maximum atomic E-state index is 14.4. The quantitative estimate of drug-likeness (QED) is 0.408. The molecule has 166 valence electrons. The molecule has 2 aromatic rings. The lowest BCUT2D eigenvalue weighted by Crippen LogP contribution is -2.40. The Morgan fingerprint density at radius 3 is 2.87 bits per heavy atom. The Kier molecular flexibility index (Phi) is 6.87. The molecule has 1 atom stereocenters. The Morgan fingerprint density at radius 1 is 1.39 bits per heavy atom. The number of anilines is 1. The number of aromatic nitrogens is 1. The van der Waals surface area contributed by atoms with Gasteiger partial charge in [0.1, 0.15) is 29.8 Å². The third-order valence-electron chi connectivity index (χ3n) is 4.33. The summed E-state index contributed by atoms with van der Waals surface area (Å²) >= 11 is 0. The predicted octanol–water partition coefficient (Wildman–Crippen LogP) is 0.406. The summed E-state index contributed by atoms with van der Waals surface area (Å²) in [5.74, 6) is -1.57. The highest BCUT2D eigenvalue weighted by Gasteiger charge is 2.24. The number of nitrogens with one attached hydrogen (secondary N) is 2. The number of amides is 1. The van der Waals surface area contributed by atoms with Crippen LogP contribution in [-0.2, 0) is 16.1 Å². The second-order valence-corrected chi connectivity index (χ2v) is 6.60. The Hall–Kier alpha value is -3.03. The van der Waals surface area contributed by atoms with E-state index in [2.05, 4.69) is 25.3 Å². The maximum absolute atomic E-state index is 14.4. The van der Waals surface area contributed by atoms with Crippen LogP contribution in [0.5, 0.6) is 0 Å². The number of ether oxygens (including phenoxy) is 2. The van der Waals surface area contributed by atoms with E-state index in [4.69, 9.17) is 20.1 Å². The van der Waals surface area contributed by atoms with E-state index in [9.17, 15) is 13.6 Å². The van der Waals surface area contributed by atoms with Crippen LogP contribution in [0.4, 0.5) is 14.5 Å². The molecule has 0 radical (unpaired) electrons. The van der Waals surface area contributed by atoms with E-state index in [0.717, 1.165) is 12.3 Å². The van der Waals surface area contributed by atoms with Gasteiger partial charge in [0.15, 0.2) is 0 Å². The first-order valence-electron chi connectivity index (χ1n) is 9.02. The number of amidine groups is 1. The number of pyridine rings is 1. The van der Waals surface area contributed by atoms with Crippen molar-refractivity contribution >= 4 is 17.4 Å². The lowest BCUT2D eigenvalue weighted by atomic mass is 10.0. The molecular formula is C19H20F2N4O6. The van der Waals surface area contributed by atoms with Crippen molar-refractivity contribution in [3.05, 3.63) is 58.9 Å². The van der Waals surface area contributed by atoms with Gasteiger partial charge in [-0.3, -0.25) is 14.5 Å². The normalized spacial score (nSPS) is 18.0. The fourth-order valence-electron chi connectivity index (χ4n) is 2.90. The number of rotatable bonds is 6. The summed E-state index contributed by atoms with van der Waals surface area (Å²) in [4.78, 5) is 20.3. The molecule has 1 aliphatic heterocycles. The molecule has 1 saturated heterocycles. The standard InChI is InChI=1S/C19H20F2N4O6/c1-22-16-9-30-8-15(25-16)13-5-12(2-3-14(13)21)24-18(26)17-10(4-11(20)6-23-17)7-31-19(27,28)29/h2-6,15,27-29H,7-9H2,1H3,(H,22,25)(H,24,26)/t15-/m0/s1. The number of hydrogen-bond acceptors (Lipinski definition) is 8. The van der Waals surface area contributed by atoms with Crippen molar-refractivity contribution in [3.8, 4) is 0 Å². The molecule has 10 nitrogen and oxygen atoms in total. The molecule has 0 aliphatic carbocycles. The zero-order valence-corrected chi connectivity index (χ0v) is 16.3. The van der Waals surface area contributed by atoms with Gasteiger partial charge in [-0.15, -0.1) is 0 Å². The third kappa shape index (κ3) is 5.99. The average molecular weight is 438 g/mol. The molecule has 0 saturated carbocycles. The van der Waals surface area contributed by atoms with E-state index in [1.54, 1.807) is 7.05 Å². The number of halogens is 2. The highest BCUT2D eigenvalue weighted by Crippen LogP contribution is 2.24. The number of benzene rings is 1. The minimum Gasteiger partial charge on any atom is -0.371 e. The molecule has 31 heavy (non-hydrogen) atoms. The number of carbonyl (C=O) groups is 1. The Labute approximate surface area is 175 Å². The number of aliphatic hydroxyl groups is 3. The van der Waals surface area contributed by atoms with Crippen molar-refractivity contribution in [3.63, 3.8) is 0 Å². The average Bonchev–Trinajstić information content (AvgIpc) is 2.73. The van der Waals surface area contributed by atoms with Crippen LogP contribution in [0.25, 0.3) is 0 Å². The monoisotopic (exact) mass is 438 g/mol. The van der Waals surface area contributed by atoms with Gasteiger partial charge in [-0.05, 0) is 24.3 Å². The van der Waals surface area contributed by atoms with E-state index in [0.29, 0.717) is 5.84 Å². The third-order valence-corrected chi connectivity index (χ3v) is 4.33. The SMILES string of the molecule is CN=C1COC[C@@H](c2cc(NC(=O)c3ncc(F)cc3COC(O)(O)O)ccc2F)N1. The van der Waals surface area contributed by atoms with Gasteiger partial charge in [-0.2, -0.15) is 0 Å². The molecule has 1 fully saturated rings. The van der Waals surface area contributed by atoms with E-state index in [1.165, 1.54) is 18.2 Å². The highest BCUT2D eigenvalue weighted by atomic mass is 19.1. The van der Waals surface area contributed by atoms with Gasteiger partial charge in [0.25, 0.3) is 5.91 Å². The zero-order chi connectivity index (χ0) is 22.6. The molecule has 1 aromatic carbocycles. The van der Waals surface area contributed by atoms with Crippen LogP contribution >= 0.6 is 0 Å². The van der Waals surface area contributed by atoms with Crippen molar-refractivity contribution in [2.24, 2.45) is 4.99 Å². The fraction of sp³-hybridized carbons (Fsp3) is 0.316. The molecule has 1 aliphatic rings. The van der Waals surface area contributed by atoms with Crippen LogP contribution in [0.2, 0.25) is 0 Å². The van der Waals surface area contributed by atoms with Crippen LogP contribution in [0, 0.1) is 11.6 Å². The van der Waals surface area contributed by atoms with Crippen molar-refractivity contribution in [2.45, 2.75) is 18.8 Å². The van der Waals surface area contributed by atoms with E-state index in [1.807, 2.05) is 0 Å². The van der Waals surface area contributed by atoms with Gasteiger partial charge in [0, 0.05) is 23.9 Å². The smallest absolute Gasteiger partial charge is 0.371 e. The molecule has 0 spiro atoms. The van der Waals surface area contributed by atoms with E-state index in [-0.39, 0.29) is 35.7 Å². The van der Waals surface area contributed by atoms with Crippen molar-refractivity contribution in [1.29, 1.82) is 0 Å². The van der Waals surface area contributed by atoms with Gasteiger partial charge in [-0.1, -0.05) is 0 Å². The summed E-state index contributed by atoms with van der Waals surface area (Å²) in [6.45, 7) is -0.253. The summed E-state index contributed by atoms with van der Waals surface area (Å²) in [6.07, 6.45) is -2.69. The Bertz CT molecular complexity index is 996. The molecule has 1 aromatic heterocycles. The largest absolute Gasteiger partial charge is 0.405 e. The number of hydrogen-bond donors (Lipinski definition) is 5. The minimum atomic E-state index is -3.47. The van der Waals surface area contributed by atoms with Crippen molar-refractivity contribution in [1.82, 2.24) is 10.3 Å². The second kappa shape index (κ2) is 9.41. The van der Waals surface area contributed by atoms with E-state index < -0.39 is 36.3 Å². The number of carbonyl (C=O) groups excluding carboxylic acids is 1. The molecule has 0 bridgehead atoms. The van der Waals surface area contributed by atoms with Gasteiger partial charge in [0.2, 0.25) is 0 Å². The van der Waals surface area contributed by atoms with E-state index >= 15 is 0 Å². The maximum Gasteiger partial charge on any atom is 0.405 e. The van der Waals surface area contributed by atoms with Crippen LogP contribution in [-0.4, -0.2) is 58.5 Å². The lowest BCUT2D eigenvalue weighted by Gasteiger charge is -2.27. The number of morpholine rings is 1. The first kappa shape index (κ1) is 22.7. The molecule has 0 unspecified atom stereocenters. The van der Waals surface area contributed by atoms with Crippen LogP contribution in [0.15, 0.2) is 35.5 Å². The number of aliphatic imine (C=N–C) groups is 1. The summed E-state index contributed by atoms with van der Waals surface area (Å²) in [7, 11) is 1.58. The molecule has 1 amide bonds. The van der Waals surface area contributed by atoms with Crippen LogP contribution in [0.3, 0.4) is 0 Å². The zero-order valence-electron chi connectivity index (χ0n) is 16.3. The van der Waals surface area contributed by atoms with Gasteiger partial charge < -0.3 is 30.7 Å². The topological polar surface area (TPSA) is 146 Å². The molecule has 5 N–H and O–H groups in total. The highest BCUT2D eigenvalue weighted by molar-refractivity contribution is 6.03. The Balaban J connectivity index is 1.81. The van der Waals surface area contributed by atoms with Crippen molar-refractivity contribution < 1.29 is 38.4 Å². The first-order chi connectivity index (χ1) is 14.7. The summed E-state index contributed by atoms with van der Waals surface area (Å²) in [5.41, 5.74) is 0.00558. The van der Waals surface area contributed by atoms with Gasteiger partial charge in [-0.25, -0.2) is 13.8 Å². The van der Waals surface area contributed by atoms with Crippen molar-refractivity contribution in [2.75, 3.05) is 25.6 Å².